The second kappa shape index (κ2) is 7.40. The first kappa shape index (κ1) is 15.8. The van der Waals surface area contributed by atoms with Crippen molar-refractivity contribution in [1.29, 1.82) is 0 Å². The monoisotopic (exact) mass is 286 g/mol. The van der Waals surface area contributed by atoms with Gasteiger partial charge in [-0.2, -0.15) is 0 Å². The van der Waals surface area contributed by atoms with E-state index in [4.69, 9.17) is 4.74 Å². The number of rotatable bonds is 8. The van der Waals surface area contributed by atoms with Crippen LogP contribution in [0, 0.1) is 0 Å². The summed E-state index contributed by atoms with van der Waals surface area (Å²) in [5.41, 5.74) is -0.377. The van der Waals surface area contributed by atoms with Gasteiger partial charge in [0.2, 0.25) is 10.1 Å². The normalized spacial score (nSPS) is 11.4. The van der Waals surface area contributed by atoms with E-state index in [1.165, 1.54) is 11.3 Å². The fourth-order valence-corrected chi connectivity index (χ4v) is 2.11. The van der Waals surface area contributed by atoms with Crippen molar-refractivity contribution in [3.05, 3.63) is 5.01 Å². The molecule has 1 aromatic rings. The zero-order chi connectivity index (χ0) is 14.3. The van der Waals surface area contributed by atoms with Crippen LogP contribution in [-0.2, 0) is 4.74 Å². The first-order valence-corrected chi connectivity index (χ1v) is 7.29. The molecule has 0 spiro atoms. The highest BCUT2D eigenvalue weighted by Crippen LogP contribution is 2.15. The summed E-state index contributed by atoms with van der Waals surface area (Å²) in [7, 11) is 0. The zero-order valence-electron chi connectivity index (χ0n) is 11.9. The molecule has 0 unspecified atom stereocenters. The summed E-state index contributed by atoms with van der Waals surface area (Å²) in [5.74, 6) is -0.213. The maximum Gasteiger partial charge on any atom is 0.282 e. The van der Waals surface area contributed by atoms with Crippen LogP contribution in [0.1, 0.15) is 43.9 Å². The molecule has 0 aliphatic heterocycles. The van der Waals surface area contributed by atoms with Crippen molar-refractivity contribution >= 4 is 22.4 Å². The molecule has 0 aromatic carbocycles. The zero-order valence-corrected chi connectivity index (χ0v) is 12.8. The van der Waals surface area contributed by atoms with Crippen LogP contribution >= 0.6 is 11.3 Å². The van der Waals surface area contributed by atoms with Crippen LogP contribution in [0.25, 0.3) is 0 Å². The van der Waals surface area contributed by atoms with E-state index in [1.54, 1.807) is 0 Å². The third kappa shape index (κ3) is 5.52. The lowest BCUT2D eigenvalue weighted by Crippen LogP contribution is -2.40. The van der Waals surface area contributed by atoms with E-state index in [9.17, 15) is 4.79 Å². The van der Waals surface area contributed by atoms with Gasteiger partial charge in [0, 0.05) is 19.7 Å². The molecule has 1 amide bonds. The lowest BCUT2D eigenvalue weighted by molar-refractivity contribution is -0.00816. The average molecular weight is 286 g/mol. The highest BCUT2D eigenvalue weighted by molar-refractivity contribution is 7.17. The van der Waals surface area contributed by atoms with Gasteiger partial charge in [0.05, 0.1) is 5.60 Å². The Morgan fingerprint density at radius 2 is 2.11 bits per heavy atom. The van der Waals surface area contributed by atoms with Gasteiger partial charge in [0.25, 0.3) is 5.91 Å². The molecule has 0 saturated heterocycles. The van der Waals surface area contributed by atoms with Gasteiger partial charge in [0.15, 0.2) is 0 Å². The Balaban J connectivity index is 2.47. The average Bonchev–Trinajstić information content (AvgIpc) is 2.82. The second-order valence-corrected chi connectivity index (χ2v) is 5.69. The predicted octanol–water partition coefficient (Wildman–Crippen LogP) is 1.90. The molecule has 6 nitrogen and oxygen atoms in total. The molecule has 0 atom stereocenters. The number of nitrogens with zero attached hydrogens (tertiary/aromatic N) is 2. The van der Waals surface area contributed by atoms with Crippen LogP contribution in [-0.4, -0.2) is 41.4 Å². The standard InChI is InChI=1S/C12H22N4O2S/c1-5-7-13-11-16-15-10(19-11)9(17)14-8-12(3,4)18-6-2/h5-8H2,1-4H3,(H,13,16)(H,14,17). The smallest absolute Gasteiger partial charge is 0.282 e. The fraction of sp³-hybridized carbons (Fsp3) is 0.750. The third-order valence-electron chi connectivity index (χ3n) is 2.36. The highest BCUT2D eigenvalue weighted by atomic mass is 32.1. The van der Waals surface area contributed by atoms with E-state index >= 15 is 0 Å². The van der Waals surface area contributed by atoms with Crippen LogP contribution in [0.4, 0.5) is 5.13 Å². The Labute approximate surface area is 118 Å². The first-order chi connectivity index (χ1) is 8.98. The molecule has 0 bridgehead atoms. The van der Waals surface area contributed by atoms with E-state index in [2.05, 4.69) is 27.8 Å². The Bertz CT molecular complexity index is 406. The van der Waals surface area contributed by atoms with Crippen LogP contribution < -0.4 is 10.6 Å². The maximum absolute atomic E-state index is 11.9. The molecule has 7 heteroatoms. The molecular weight excluding hydrogens is 264 g/mol. The van der Waals surface area contributed by atoms with Crippen molar-refractivity contribution in [1.82, 2.24) is 15.5 Å². The summed E-state index contributed by atoms with van der Waals surface area (Å²) in [6.07, 6.45) is 1.00. The van der Waals surface area contributed by atoms with Crippen molar-refractivity contribution in [3.8, 4) is 0 Å². The molecule has 1 aromatic heterocycles. The maximum atomic E-state index is 11.9. The van der Waals surface area contributed by atoms with Crippen LogP contribution in [0.5, 0.6) is 0 Å². The number of anilines is 1. The van der Waals surface area contributed by atoms with Crippen molar-refractivity contribution in [2.45, 2.75) is 39.7 Å². The first-order valence-electron chi connectivity index (χ1n) is 6.48. The minimum Gasteiger partial charge on any atom is -0.374 e. The van der Waals surface area contributed by atoms with Crippen LogP contribution in [0.15, 0.2) is 0 Å². The Morgan fingerprint density at radius 1 is 1.37 bits per heavy atom. The molecule has 0 saturated carbocycles. The molecule has 1 heterocycles. The molecule has 1 rings (SSSR count). The van der Waals surface area contributed by atoms with Gasteiger partial charge >= 0.3 is 0 Å². The topological polar surface area (TPSA) is 76.1 Å². The van der Waals surface area contributed by atoms with Gasteiger partial charge in [-0.15, -0.1) is 10.2 Å². The van der Waals surface area contributed by atoms with Crippen molar-refractivity contribution in [3.63, 3.8) is 0 Å². The molecule has 0 fully saturated rings. The van der Waals surface area contributed by atoms with Crippen LogP contribution in [0.2, 0.25) is 0 Å². The summed E-state index contributed by atoms with van der Waals surface area (Å²) in [5, 5.41) is 14.7. The largest absolute Gasteiger partial charge is 0.374 e. The molecule has 0 aliphatic carbocycles. The number of amides is 1. The van der Waals surface area contributed by atoms with Gasteiger partial charge in [-0.25, -0.2) is 0 Å². The lowest BCUT2D eigenvalue weighted by Gasteiger charge is -2.24. The van der Waals surface area contributed by atoms with E-state index in [1.807, 2.05) is 20.8 Å². The van der Waals surface area contributed by atoms with Gasteiger partial charge in [0.1, 0.15) is 0 Å². The van der Waals surface area contributed by atoms with Gasteiger partial charge in [-0.3, -0.25) is 4.79 Å². The minimum absolute atomic E-state index is 0.213. The third-order valence-corrected chi connectivity index (χ3v) is 3.23. The SMILES string of the molecule is CCCNc1nnc(C(=O)NCC(C)(C)OCC)s1. The molecule has 19 heavy (non-hydrogen) atoms. The number of hydrogen-bond donors (Lipinski definition) is 2. The molecule has 0 radical (unpaired) electrons. The van der Waals surface area contributed by atoms with Crippen molar-refractivity contribution in [2.24, 2.45) is 0 Å². The summed E-state index contributed by atoms with van der Waals surface area (Å²) < 4.78 is 5.51. The Morgan fingerprint density at radius 3 is 2.74 bits per heavy atom. The van der Waals surface area contributed by atoms with E-state index in [0.29, 0.717) is 23.3 Å². The lowest BCUT2D eigenvalue weighted by atomic mass is 10.1. The van der Waals surface area contributed by atoms with Gasteiger partial charge < -0.3 is 15.4 Å². The quantitative estimate of drug-likeness (QED) is 0.763. The second-order valence-electron chi connectivity index (χ2n) is 4.71. The summed E-state index contributed by atoms with van der Waals surface area (Å²) in [6.45, 7) is 9.76. The molecule has 108 valence electrons. The molecular formula is C12H22N4O2S. The Kier molecular flexibility index (Phi) is 6.17. The number of hydrogen-bond acceptors (Lipinski definition) is 6. The number of nitrogens with one attached hydrogen (secondary N) is 2. The van der Waals surface area contributed by atoms with E-state index in [-0.39, 0.29) is 11.5 Å². The fourth-order valence-electron chi connectivity index (χ4n) is 1.43. The van der Waals surface area contributed by atoms with E-state index < -0.39 is 0 Å². The van der Waals surface area contributed by atoms with E-state index in [0.717, 1.165) is 13.0 Å². The summed E-state index contributed by atoms with van der Waals surface area (Å²) in [4.78, 5) is 11.9. The molecule has 2 N–H and O–H groups in total. The minimum atomic E-state index is -0.377. The number of aromatic nitrogens is 2. The van der Waals surface area contributed by atoms with Gasteiger partial charge in [-0.05, 0) is 27.2 Å². The summed E-state index contributed by atoms with van der Waals surface area (Å²) >= 11 is 1.26. The Hall–Kier alpha value is -1.21. The number of carbonyl (C=O) groups is 1. The predicted molar refractivity (Wildman–Crippen MR) is 76.7 cm³/mol. The van der Waals surface area contributed by atoms with Gasteiger partial charge in [-0.1, -0.05) is 18.3 Å². The number of ether oxygens (including phenoxy) is 1. The van der Waals surface area contributed by atoms with Crippen molar-refractivity contribution in [2.75, 3.05) is 25.0 Å². The van der Waals surface area contributed by atoms with Crippen molar-refractivity contribution < 1.29 is 9.53 Å². The summed E-state index contributed by atoms with van der Waals surface area (Å²) in [6, 6.07) is 0. The van der Waals surface area contributed by atoms with Crippen LogP contribution in [0.3, 0.4) is 0 Å². The number of carbonyl (C=O) groups excluding carboxylic acids is 1. The molecule has 0 aliphatic rings. The highest BCUT2D eigenvalue weighted by Gasteiger charge is 2.20.